The summed E-state index contributed by atoms with van der Waals surface area (Å²) >= 11 is 0. The lowest BCUT2D eigenvalue weighted by atomic mass is 10.1. The summed E-state index contributed by atoms with van der Waals surface area (Å²) in [6.45, 7) is 1.76. The van der Waals surface area contributed by atoms with Gasteiger partial charge in [-0.25, -0.2) is 4.52 Å². The first kappa shape index (κ1) is 18.6. The molecular weight excluding hydrogens is 382 g/mol. The second-order valence-corrected chi connectivity index (χ2v) is 8.10. The van der Waals surface area contributed by atoms with Gasteiger partial charge in [0.15, 0.2) is 11.6 Å². The van der Waals surface area contributed by atoms with Crippen molar-refractivity contribution in [2.45, 2.75) is 18.9 Å². The predicted octanol–water partition coefficient (Wildman–Crippen LogP) is 1.92. The minimum absolute atomic E-state index is 0.145. The Morgan fingerprint density at radius 1 is 1.40 bits per heavy atom. The van der Waals surface area contributed by atoms with Crippen molar-refractivity contribution >= 4 is 17.2 Å². The smallest absolute Gasteiger partial charge is 0.230 e. The van der Waals surface area contributed by atoms with E-state index >= 15 is 0 Å². The number of nitriles is 1. The average molecular weight is 405 g/mol. The zero-order chi connectivity index (χ0) is 20.8. The summed E-state index contributed by atoms with van der Waals surface area (Å²) in [7, 11) is 4.00. The van der Waals surface area contributed by atoms with Crippen LogP contribution in [0.2, 0.25) is 0 Å². The molecule has 1 aliphatic heterocycles. The minimum Gasteiger partial charge on any atom is -0.488 e. The van der Waals surface area contributed by atoms with Gasteiger partial charge in [-0.3, -0.25) is 14.4 Å². The molecule has 3 atom stereocenters. The molecule has 1 unspecified atom stereocenters. The van der Waals surface area contributed by atoms with E-state index in [1.807, 2.05) is 31.4 Å². The Kier molecular flexibility index (Phi) is 4.44. The first-order chi connectivity index (χ1) is 14.5. The third-order valence-electron chi connectivity index (χ3n) is 6.06. The van der Waals surface area contributed by atoms with Gasteiger partial charge in [-0.1, -0.05) is 0 Å². The van der Waals surface area contributed by atoms with E-state index in [0.29, 0.717) is 24.9 Å². The fourth-order valence-corrected chi connectivity index (χ4v) is 3.87. The molecular formula is C21H23N7O2. The summed E-state index contributed by atoms with van der Waals surface area (Å²) in [5.74, 6) is 0.700. The second-order valence-electron chi connectivity index (χ2n) is 8.10. The Hall–Kier alpha value is -3.38. The molecule has 5 rings (SSSR count). The molecule has 9 heteroatoms. The molecule has 3 aromatic rings. The van der Waals surface area contributed by atoms with E-state index in [9.17, 15) is 4.79 Å². The number of nitrogens with zero attached hydrogens (tertiary/aromatic N) is 6. The number of anilines is 1. The zero-order valence-electron chi connectivity index (χ0n) is 16.9. The average Bonchev–Trinajstić information content (AvgIpc) is 3.29. The number of hydrogen-bond acceptors (Lipinski definition) is 6. The van der Waals surface area contributed by atoms with Gasteiger partial charge >= 0.3 is 0 Å². The number of carbonyl (C=O) groups is 1. The van der Waals surface area contributed by atoms with Crippen molar-refractivity contribution in [2.75, 3.05) is 25.5 Å². The Morgan fingerprint density at radius 2 is 2.27 bits per heavy atom. The molecule has 4 heterocycles. The zero-order valence-corrected chi connectivity index (χ0v) is 16.9. The number of aromatic nitrogens is 4. The van der Waals surface area contributed by atoms with Crippen LogP contribution in [0.4, 0.5) is 5.82 Å². The van der Waals surface area contributed by atoms with E-state index in [4.69, 9.17) is 10.00 Å². The molecule has 1 aliphatic carbocycles. The normalized spacial score (nSPS) is 23.0. The van der Waals surface area contributed by atoms with Gasteiger partial charge in [0.1, 0.15) is 12.3 Å². The molecule has 0 aromatic carbocycles. The third-order valence-corrected chi connectivity index (χ3v) is 6.06. The lowest BCUT2D eigenvalue weighted by Crippen LogP contribution is -2.48. The third kappa shape index (κ3) is 3.29. The predicted molar refractivity (Wildman–Crippen MR) is 110 cm³/mol. The summed E-state index contributed by atoms with van der Waals surface area (Å²) in [6.07, 6.45) is 5.38. The molecule has 2 aliphatic rings. The van der Waals surface area contributed by atoms with E-state index in [2.05, 4.69) is 33.5 Å². The van der Waals surface area contributed by atoms with Gasteiger partial charge in [0, 0.05) is 30.9 Å². The number of hydrogen-bond donors (Lipinski definition) is 1. The standard InChI is InChI=1S/C21H23N7O2/c1-26-5-4-15(26)12-30-18-11-23-27(2)20(18)13-3-6-28-16(7-13)9-19(25-28)24-21(29)17-8-14(17)10-22/h3,6-7,9,11,14-15,17H,4-5,8,12H2,1-2H3,(H,24,25,29)/t14-,15?,17-/m1/s1. The summed E-state index contributed by atoms with van der Waals surface area (Å²) in [6, 6.07) is 8.36. The maximum absolute atomic E-state index is 12.2. The highest BCUT2D eigenvalue weighted by Crippen LogP contribution is 2.38. The fourth-order valence-electron chi connectivity index (χ4n) is 3.87. The van der Waals surface area contributed by atoms with Crippen molar-refractivity contribution in [3.8, 4) is 23.1 Å². The van der Waals surface area contributed by atoms with Crippen LogP contribution in [-0.4, -0.2) is 56.4 Å². The molecule has 30 heavy (non-hydrogen) atoms. The Balaban J connectivity index is 1.36. The number of aryl methyl sites for hydroxylation is 1. The number of likely N-dealkylation sites (N-methyl/N-ethyl adjacent to an activating group) is 1. The maximum Gasteiger partial charge on any atom is 0.230 e. The van der Waals surface area contributed by atoms with Crippen LogP contribution in [0.5, 0.6) is 5.75 Å². The molecule has 0 radical (unpaired) electrons. The molecule has 0 bridgehead atoms. The number of rotatable bonds is 6. The number of ether oxygens (including phenoxy) is 1. The molecule has 1 saturated carbocycles. The summed E-state index contributed by atoms with van der Waals surface area (Å²) < 4.78 is 9.60. The highest BCUT2D eigenvalue weighted by Gasteiger charge is 2.43. The topological polar surface area (TPSA) is 100 Å². The van der Waals surface area contributed by atoms with E-state index in [0.717, 1.165) is 35.5 Å². The van der Waals surface area contributed by atoms with Crippen LogP contribution in [0.3, 0.4) is 0 Å². The van der Waals surface area contributed by atoms with Gasteiger partial charge < -0.3 is 10.1 Å². The Morgan fingerprint density at radius 3 is 2.97 bits per heavy atom. The highest BCUT2D eigenvalue weighted by molar-refractivity contribution is 5.94. The number of fused-ring (bicyclic) bond motifs is 1. The fraction of sp³-hybridized carbons (Fsp3) is 0.429. The van der Waals surface area contributed by atoms with E-state index in [1.165, 1.54) is 0 Å². The number of carbonyl (C=O) groups excluding carboxylic acids is 1. The van der Waals surface area contributed by atoms with Gasteiger partial charge in [-0.05, 0) is 38.6 Å². The van der Waals surface area contributed by atoms with E-state index < -0.39 is 0 Å². The van der Waals surface area contributed by atoms with Crippen molar-refractivity contribution in [1.82, 2.24) is 24.3 Å². The molecule has 9 nitrogen and oxygen atoms in total. The van der Waals surface area contributed by atoms with E-state index in [1.54, 1.807) is 15.4 Å². The number of amides is 1. The van der Waals surface area contributed by atoms with Crippen LogP contribution < -0.4 is 10.1 Å². The Bertz CT molecular complexity index is 1160. The number of likely N-dealkylation sites (tertiary alicyclic amines) is 1. The van der Waals surface area contributed by atoms with Crippen LogP contribution in [0.1, 0.15) is 12.8 Å². The van der Waals surface area contributed by atoms with Gasteiger partial charge in [0.05, 0.1) is 29.6 Å². The van der Waals surface area contributed by atoms with Crippen molar-refractivity contribution < 1.29 is 9.53 Å². The number of pyridine rings is 1. The molecule has 154 valence electrons. The monoisotopic (exact) mass is 405 g/mol. The van der Waals surface area contributed by atoms with Crippen LogP contribution >= 0.6 is 0 Å². The summed E-state index contributed by atoms with van der Waals surface area (Å²) in [5.41, 5.74) is 2.71. The van der Waals surface area contributed by atoms with Gasteiger partial charge in [0.25, 0.3) is 0 Å². The molecule has 1 amide bonds. The number of nitrogens with one attached hydrogen (secondary N) is 1. The van der Waals surface area contributed by atoms with Crippen molar-refractivity contribution in [1.29, 1.82) is 5.26 Å². The van der Waals surface area contributed by atoms with Crippen LogP contribution in [0, 0.1) is 23.2 Å². The van der Waals surface area contributed by atoms with Crippen LogP contribution in [-0.2, 0) is 11.8 Å². The molecule has 2 fully saturated rings. The molecule has 1 saturated heterocycles. The van der Waals surface area contributed by atoms with Crippen molar-refractivity contribution in [3.05, 3.63) is 30.6 Å². The van der Waals surface area contributed by atoms with Crippen molar-refractivity contribution in [2.24, 2.45) is 18.9 Å². The second kappa shape index (κ2) is 7.15. The first-order valence-corrected chi connectivity index (χ1v) is 10.1. The summed E-state index contributed by atoms with van der Waals surface area (Å²) in [5, 5.41) is 20.5. The minimum atomic E-state index is -0.223. The lowest BCUT2D eigenvalue weighted by Gasteiger charge is -2.37. The Labute approximate surface area is 173 Å². The highest BCUT2D eigenvalue weighted by atomic mass is 16.5. The SMILES string of the molecule is CN1CCC1COc1cnn(C)c1-c1ccn2nc(NC(=O)[C@@H]3C[C@@H]3C#N)cc2c1. The van der Waals surface area contributed by atoms with Gasteiger partial charge in [0.2, 0.25) is 5.91 Å². The quantitative estimate of drug-likeness (QED) is 0.672. The van der Waals surface area contributed by atoms with Crippen LogP contribution in [0.15, 0.2) is 30.6 Å². The first-order valence-electron chi connectivity index (χ1n) is 10.1. The van der Waals surface area contributed by atoms with Gasteiger partial charge in [-0.2, -0.15) is 15.5 Å². The summed E-state index contributed by atoms with van der Waals surface area (Å²) in [4.78, 5) is 14.5. The maximum atomic E-state index is 12.2. The van der Waals surface area contributed by atoms with Crippen LogP contribution in [0.25, 0.3) is 16.8 Å². The molecule has 3 aromatic heterocycles. The molecule has 1 N–H and O–H groups in total. The largest absolute Gasteiger partial charge is 0.488 e. The lowest BCUT2D eigenvalue weighted by molar-refractivity contribution is -0.117. The van der Waals surface area contributed by atoms with Crippen molar-refractivity contribution in [3.63, 3.8) is 0 Å². The molecule has 0 spiro atoms. The van der Waals surface area contributed by atoms with Gasteiger partial charge in [-0.15, -0.1) is 0 Å². The van der Waals surface area contributed by atoms with E-state index in [-0.39, 0.29) is 17.7 Å².